The van der Waals surface area contributed by atoms with E-state index in [1.54, 1.807) is 7.11 Å². The highest BCUT2D eigenvalue weighted by molar-refractivity contribution is 5.85. The van der Waals surface area contributed by atoms with Gasteiger partial charge in [0, 0.05) is 20.3 Å². The molecule has 0 spiro atoms. The van der Waals surface area contributed by atoms with Gasteiger partial charge in [0.25, 0.3) is 0 Å². The van der Waals surface area contributed by atoms with E-state index in [0.717, 1.165) is 45.4 Å². The molecule has 2 N–H and O–H groups in total. The highest BCUT2D eigenvalue weighted by Gasteiger charge is 2.33. The lowest BCUT2D eigenvalue weighted by atomic mass is 9.90. The quantitative estimate of drug-likeness (QED) is 0.668. The van der Waals surface area contributed by atoms with Crippen LogP contribution in [-0.4, -0.2) is 38.3 Å². The topological polar surface area (TPSA) is 50.4 Å². The summed E-state index contributed by atoms with van der Waals surface area (Å²) in [7, 11) is 1.70. The van der Waals surface area contributed by atoms with Gasteiger partial charge in [0.1, 0.15) is 0 Å². The fraction of sp³-hybridized carbons (Fsp3) is 0.917. The van der Waals surface area contributed by atoms with Crippen LogP contribution in [-0.2, 0) is 9.53 Å². The standard InChI is InChI=1S/C12H24N2O2/c1-12(7-3-4-9-14-12)11(15)13-8-5-6-10-16-2/h14H,3-10H2,1-2H3,(H,13,15). The number of carbonyl (C=O) groups excluding carboxylic acids is 1. The Balaban J connectivity index is 2.18. The van der Waals surface area contributed by atoms with E-state index in [0.29, 0.717) is 0 Å². The minimum Gasteiger partial charge on any atom is -0.385 e. The molecule has 1 rings (SSSR count). The van der Waals surface area contributed by atoms with Crippen LogP contribution in [0.5, 0.6) is 0 Å². The van der Waals surface area contributed by atoms with E-state index in [2.05, 4.69) is 10.6 Å². The summed E-state index contributed by atoms with van der Waals surface area (Å²) >= 11 is 0. The molecule has 94 valence electrons. The van der Waals surface area contributed by atoms with Crippen LogP contribution in [0.25, 0.3) is 0 Å². The van der Waals surface area contributed by atoms with E-state index in [4.69, 9.17) is 4.74 Å². The summed E-state index contributed by atoms with van der Waals surface area (Å²) in [5, 5.41) is 6.31. The van der Waals surface area contributed by atoms with Crippen molar-refractivity contribution in [2.24, 2.45) is 0 Å². The summed E-state index contributed by atoms with van der Waals surface area (Å²) in [5.74, 6) is 0.143. The normalized spacial score (nSPS) is 25.4. The first kappa shape index (κ1) is 13.5. The second kappa shape index (κ2) is 6.86. The van der Waals surface area contributed by atoms with Gasteiger partial charge in [-0.2, -0.15) is 0 Å². The molecule has 0 aromatic heterocycles. The smallest absolute Gasteiger partial charge is 0.240 e. The van der Waals surface area contributed by atoms with Gasteiger partial charge in [0.05, 0.1) is 5.54 Å². The van der Waals surface area contributed by atoms with Crippen LogP contribution in [0.1, 0.15) is 39.0 Å². The van der Waals surface area contributed by atoms with E-state index in [-0.39, 0.29) is 11.4 Å². The third-order valence-electron chi connectivity index (χ3n) is 3.18. The number of nitrogens with one attached hydrogen (secondary N) is 2. The Bertz CT molecular complexity index is 213. The van der Waals surface area contributed by atoms with Gasteiger partial charge in [-0.05, 0) is 45.6 Å². The van der Waals surface area contributed by atoms with E-state index >= 15 is 0 Å². The molecule has 1 atom stereocenters. The Hall–Kier alpha value is -0.610. The molecule has 0 aliphatic carbocycles. The lowest BCUT2D eigenvalue weighted by molar-refractivity contribution is -0.127. The molecule has 1 amide bonds. The van der Waals surface area contributed by atoms with E-state index in [9.17, 15) is 4.79 Å². The number of hydrogen-bond donors (Lipinski definition) is 2. The van der Waals surface area contributed by atoms with Crippen LogP contribution >= 0.6 is 0 Å². The van der Waals surface area contributed by atoms with Crippen molar-refractivity contribution in [2.75, 3.05) is 26.8 Å². The SMILES string of the molecule is COCCCCNC(=O)C1(C)CCCCN1. The van der Waals surface area contributed by atoms with E-state index < -0.39 is 0 Å². The monoisotopic (exact) mass is 228 g/mol. The van der Waals surface area contributed by atoms with Crippen LogP contribution in [0, 0.1) is 0 Å². The Morgan fingerprint density at radius 1 is 1.44 bits per heavy atom. The first-order valence-electron chi connectivity index (χ1n) is 6.21. The molecular weight excluding hydrogens is 204 g/mol. The average Bonchev–Trinajstić information content (AvgIpc) is 2.29. The maximum atomic E-state index is 11.9. The second-order valence-corrected chi connectivity index (χ2v) is 4.67. The van der Waals surface area contributed by atoms with Crippen molar-refractivity contribution in [2.45, 2.75) is 44.6 Å². The number of hydrogen-bond acceptors (Lipinski definition) is 3. The Morgan fingerprint density at radius 3 is 2.88 bits per heavy atom. The zero-order valence-corrected chi connectivity index (χ0v) is 10.5. The summed E-state index contributed by atoms with van der Waals surface area (Å²) in [6, 6.07) is 0. The number of piperidine rings is 1. The molecule has 0 aromatic carbocycles. The van der Waals surface area contributed by atoms with Gasteiger partial charge < -0.3 is 15.4 Å². The number of amides is 1. The molecule has 0 radical (unpaired) electrons. The summed E-state index contributed by atoms with van der Waals surface area (Å²) in [5.41, 5.74) is -0.348. The van der Waals surface area contributed by atoms with Crippen molar-refractivity contribution >= 4 is 5.91 Å². The van der Waals surface area contributed by atoms with Gasteiger partial charge >= 0.3 is 0 Å². The Kier molecular flexibility index (Phi) is 5.77. The van der Waals surface area contributed by atoms with Gasteiger partial charge in [0.2, 0.25) is 5.91 Å². The van der Waals surface area contributed by atoms with E-state index in [1.165, 1.54) is 6.42 Å². The third-order valence-corrected chi connectivity index (χ3v) is 3.18. The van der Waals surface area contributed by atoms with Crippen molar-refractivity contribution in [1.29, 1.82) is 0 Å². The Morgan fingerprint density at radius 2 is 2.25 bits per heavy atom. The average molecular weight is 228 g/mol. The second-order valence-electron chi connectivity index (χ2n) is 4.67. The number of methoxy groups -OCH3 is 1. The van der Waals surface area contributed by atoms with Gasteiger partial charge in [-0.3, -0.25) is 4.79 Å². The molecule has 1 unspecified atom stereocenters. The van der Waals surface area contributed by atoms with Crippen molar-refractivity contribution in [3.05, 3.63) is 0 Å². The molecule has 16 heavy (non-hydrogen) atoms. The van der Waals surface area contributed by atoms with Crippen molar-refractivity contribution in [1.82, 2.24) is 10.6 Å². The van der Waals surface area contributed by atoms with Gasteiger partial charge in [0.15, 0.2) is 0 Å². The van der Waals surface area contributed by atoms with Crippen molar-refractivity contribution in [3.63, 3.8) is 0 Å². The molecule has 0 bridgehead atoms. The molecule has 4 heteroatoms. The highest BCUT2D eigenvalue weighted by Crippen LogP contribution is 2.18. The highest BCUT2D eigenvalue weighted by atomic mass is 16.5. The van der Waals surface area contributed by atoms with Crippen molar-refractivity contribution < 1.29 is 9.53 Å². The molecule has 1 fully saturated rings. The van der Waals surface area contributed by atoms with Crippen LogP contribution in [0.3, 0.4) is 0 Å². The molecule has 1 saturated heterocycles. The minimum atomic E-state index is -0.348. The number of ether oxygens (including phenoxy) is 1. The molecule has 1 heterocycles. The maximum Gasteiger partial charge on any atom is 0.240 e. The first-order valence-corrected chi connectivity index (χ1v) is 6.21. The molecule has 0 saturated carbocycles. The molecule has 1 aliphatic heterocycles. The largest absolute Gasteiger partial charge is 0.385 e. The first-order chi connectivity index (χ1) is 7.69. The van der Waals surface area contributed by atoms with Gasteiger partial charge in [-0.25, -0.2) is 0 Å². The molecule has 1 aliphatic rings. The molecule has 4 nitrogen and oxygen atoms in total. The maximum absolute atomic E-state index is 11.9. The van der Waals surface area contributed by atoms with Crippen LogP contribution in [0.4, 0.5) is 0 Å². The summed E-state index contributed by atoms with van der Waals surface area (Å²) in [6.45, 7) is 4.47. The van der Waals surface area contributed by atoms with Gasteiger partial charge in [-0.15, -0.1) is 0 Å². The number of unbranched alkanes of at least 4 members (excludes halogenated alkanes) is 1. The van der Waals surface area contributed by atoms with Crippen molar-refractivity contribution in [3.8, 4) is 0 Å². The number of rotatable bonds is 6. The predicted molar refractivity (Wildman–Crippen MR) is 64.4 cm³/mol. The fourth-order valence-electron chi connectivity index (χ4n) is 2.02. The third kappa shape index (κ3) is 4.10. The summed E-state index contributed by atoms with van der Waals surface area (Å²) in [6.07, 6.45) is 5.24. The minimum absolute atomic E-state index is 0.143. The zero-order valence-electron chi connectivity index (χ0n) is 10.5. The molecule has 0 aromatic rings. The molecular formula is C12H24N2O2. The zero-order chi connectivity index (χ0) is 11.9. The van der Waals surface area contributed by atoms with Crippen LogP contribution in [0.15, 0.2) is 0 Å². The lowest BCUT2D eigenvalue weighted by Gasteiger charge is -2.33. The van der Waals surface area contributed by atoms with E-state index in [1.807, 2.05) is 6.92 Å². The summed E-state index contributed by atoms with van der Waals surface area (Å²) in [4.78, 5) is 11.9. The van der Waals surface area contributed by atoms with Crippen LogP contribution in [0.2, 0.25) is 0 Å². The summed E-state index contributed by atoms with van der Waals surface area (Å²) < 4.78 is 4.96. The lowest BCUT2D eigenvalue weighted by Crippen LogP contribution is -2.57. The number of carbonyl (C=O) groups is 1. The predicted octanol–water partition coefficient (Wildman–Crippen LogP) is 1.06. The fourth-order valence-corrected chi connectivity index (χ4v) is 2.02. The Labute approximate surface area is 98.1 Å². The van der Waals surface area contributed by atoms with Crippen LogP contribution < -0.4 is 10.6 Å². The van der Waals surface area contributed by atoms with Gasteiger partial charge in [-0.1, -0.05) is 0 Å².